The van der Waals surface area contributed by atoms with Gasteiger partial charge in [0, 0.05) is 20.8 Å². The van der Waals surface area contributed by atoms with Crippen LogP contribution in [0.25, 0.3) is 0 Å². The van der Waals surface area contributed by atoms with Crippen molar-refractivity contribution < 1.29 is 22.6 Å². The predicted molar refractivity (Wildman–Crippen MR) is 65.9 cm³/mol. The molecule has 0 radical (unpaired) electrons. The minimum Gasteiger partial charge on any atom is -0.382 e. The van der Waals surface area contributed by atoms with E-state index in [0.29, 0.717) is 0 Å². The fourth-order valence-electron chi connectivity index (χ4n) is 1.71. The minimum atomic E-state index is -4.35. The summed E-state index contributed by atoms with van der Waals surface area (Å²) in [6.45, 7) is 0.298. The van der Waals surface area contributed by atoms with Crippen molar-refractivity contribution >= 4 is 0 Å². The molecule has 0 heterocycles. The van der Waals surface area contributed by atoms with Gasteiger partial charge >= 0.3 is 6.18 Å². The molecule has 0 spiro atoms. The lowest BCUT2D eigenvalue weighted by atomic mass is 10.1. The number of alkyl halides is 3. The van der Waals surface area contributed by atoms with Gasteiger partial charge in [0.1, 0.15) is 6.04 Å². The van der Waals surface area contributed by atoms with E-state index in [1.807, 2.05) is 0 Å². The van der Waals surface area contributed by atoms with Crippen LogP contribution < -0.4 is 5.32 Å². The molecular weight excluding hydrogens is 259 g/mol. The molecule has 6 heteroatoms. The summed E-state index contributed by atoms with van der Waals surface area (Å²) in [6.07, 6.45) is -4.77. The number of nitrogens with one attached hydrogen (secondary N) is 1. The van der Waals surface area contributed by atoms with Crippen LogP contribution in [0, 0.1) is 0 Å². The highest BCUT2D eigenvalue weighted by Crippen LogP contribution is 2.32. The maximum atomic E-state index is 13.0. The van der Waals surface area contributed by atoms with E-state index in [2.05, 4.69) is 5.32 Å². The number of methoxy groups -OCH3 is 2. The molecule has 0 aliphatic carbocycles. The van der Waals surface area contributed by atoms with Crippen molar-refractivity contribution in [1.29, 1.82) is 0 Å². The van der Waals surface area contributed by atoms with Gasteiger partial charge in [-0.3, -0.25) is 5.32 Å². The van der Waals surface area contributed by atoms with Crippen molar-refractivity contribution in [1.82, 2.24) is 5.32 Å². The smallest absolute Gasteiger partial charge is 0.382 e. The average molecular weight is 277 g/mol. The minimum absolute atomic E-state index is 0.0589. The quantitative estimate of drug-likeness (QED) is 0.831. The maximum Gasteiger partial charge on any atom is 0.407 e. The van der Waals surface area contributed by atoms with E-state index in [-0.39, 0.29) is 18.7 Å². The van der Waals surface area contributed by atoms with Gasteiger partial charge in [0.25, 0.3) is 0 Å². The van der Waals surface area contributed by atoms with E-state index in [4.69, 9.17) is 9.47 Å². The van der Waals surface area contributed by atoms with Crippen LogP contribution in [-0.2, 0) is 9.47 Å². The molecule has 0 aliphatic heterocycles. The average Bonchev–Trinajstić information content (AvgIpc) is 2.37. The van der Waals surface area contributed by atoms with Crippen molar-refractivity contribution in [2.75, 3.05) is 27.4 Å². The molecule has 0 aliphatic rings. The molecule has 2 unspecified atom stereocenters. The van der Waals surface area contributed by atoms with Gasteiger partial charge < -0.3 is 9.47 Å². The molecule has 1 N–H and O–H groups in total. The predicted octanol–water partition coefficient (Wildman–Crippen LogP) is 2.54. The summed E-state index contributed by atoms with van der Waals surface area (Å²) in [4.78, 5) is 0. The second kappa shape index (κ2) is 7.47. The molecular formula is C13H18F3NO2. The summed E-state index contributed by atoms with van der Waals surface area (Å²) in [7, 11) is 2.92. The van der Waals surface area contributed by atoms with Crippen LogP contribution in [0.1, 0.15) is 11.6 Å². The van der Waals surface area contributed by atoms with Crippen LogP contribution in [0.4, 0.5) is 13.2 Å². The van der Waals surface area contributed by atoms with Gasteiger partial charge in [0.15, 0.2) is 0 Å². The first-order valence-corrected chi connectivity index (χ1v) is 5.85. The van der Waals surface area contributed by atoms with E-state index >= 15 is 0 Å². The van der Waals surface area contributed by atoms with Crippen LogP contribution >= 0.6 is 0 Å². The molecule has 3 nitrogen and oxygen atoms in total. The number of halogens is 3. The van der Waals surface area contributed by atoms with Gasteiger partial charge in [0.05, 0.1) is 12.7 Å². The molecule has 0 bridgehead atoms. The third kappa shape index (κ3) is 5.18. The van der Waals surface area contributed by atoms with E-state index in [1.165, 1.54) is 26.4 Å². The second-order valence-corrected chi connectivity index (χ2v) is 4.11. The lowest BCUT2D eigenvalue weighted by Gasteiger charge is -2.24. The van der Waals surface area contributed by atoms with Gasteiger partial charge in [-0.1, -0.05) is 30.3 Å². The van der Waals surface area contributed by atoms with Crippen molar-refractivity contribution in [2.45, 2.75) is 18.3 Å². The molecule has 0 amide bonds. The zero-order valence-corrected chi connectivity index (χ0v) is 10.9. The largest absolute Gasteiger partial charge is 0.407 e. The van der Waals surface area contributed by atoms with Crippen molar-refractivity contribution in [3.63, 3.8) is 0 Å². The Morgan fingerprint density at radius 2 is 1.79 bits per heavy atom. The zero-order chi connectivity index (χ0) is 14.3. The molecule has 1 aromatic rings. The summed E-state index contributed by atoms with van der Waals surface area (Å²) in [5.74, 6) is 0. The number of hydrogen-bond acceptors (Lipinski definition) is 3. The van der Waals surface area contributed by atoms with Gasteiger partial charge in [-0.2, -0.15) is 13.2 Å². The van der Waals surface area contributed by atoms with E-state index in [9.17, 15) is 13.2 Å². The van der Waals surface area contributed by atoms with Crippen LogP contribution in [0.3, 0.4) is 0 Å². The zero-order valence-electron chi connectivity index (χ0n) is 10.9. The van der Waals surface area contributed by atoms with Crippen LogP contribution in [-0.4, -0.2) is 39.7 Å². The fraction of sp³-hybridized carbons (Fsp3) is 0.538. The monoisotopic (exact) mass is 277 g/mol. The number of benzene rings is 1. The Morgan fingerprint density at radius 3 is 2.26 bits per heavy atom. The van der Waals surface area contributed by atoms with E-state index in [1.54, 1.807) is 18.2 Å². The highest BCUT2D eigenvalue weighted by Gasteiger charge is 2.40. The molecule has 19 heavy (non-hydrogen) atoms. The summed E-state index contributed by atoms with van der Waals surface area (Å²) in [5, 5.41) is 2.48. The first-order valence-electron chi connectivity index (χ1n) is 5.85. The summed E-state index contributed by atoms with van der Waals surface area (Å²) in [6, 6.07) is 6.03. The van der Waals surface area contributed by atoms with Gasteiger partial charge in [0.2, 0.25) is 0 Å². The Kier molecular flexibility index (Phi) is 6.27. The molecule has 0 aromatic heterocycles. The highest BCUT2D eigenvalue weighted by atomic mass is 19.4. The SMILES string of the molecule is COCC(CNC(c1ccccc1)C(F)(F)F)OC. The molecule has 2 atom stereocenters. The highest BCUT2D eigenvalue weighted by molar-refractivity contribution is 5.20. The Labute approximate surface area is 110 Å². The normalized spacial score (nSPS) is 15.2. The van der Waals surface area contributed by atoms with Gasteiger partial charge in [-0.15, -0.1) is 0 Å². The molecule has 108 valence electrons. The topological polar surface area (TPSA) is 30.5 Å². The van der Waals surface area contributed by atoms with Crippen LogP contribution in [0.5, 0.6) is 0 Å². The Morgan fingerprint density at radius 1 is 1.16 bits per heavy atom. The third-order valence-electron chi connectivity index (χ3n) is 2.70. The van der Waals surface area contributed by atoms with Crippen LogP contribution in [0.15, 0.2) is 30.3 Å². The second-order valence-electron chi connectivity index (χ2n) is 4.11. The first-order chi connectivity index (χ1) is 8.99. The fourth-order valence-corrected chi connectivity index (χ4v) is 1.71. The summed E-state index contributed by atoms with van der Waals surface area (Å²) < 4.78 is 48.9. The van der Waals surface area contributed by atoms with Gasteiger partial charge in [-0.25, -0.2) is 0 Å². The standard InChI is InChI=1S/C13H18F3NO2/c1-18-9-11(19-2)8-17-12(13(14,15)16)10-6-4-3-5-7-10/h3-7,11-12,17H,8-9H2,1-2H3. The van der Waals surface area contributed by atoms with Gasteiger partial charge in [-0.05, 0) is 5.56 Å². The Balaban J connectivity index is 2.72. The van der Waals surface area contributed by atoms with Crippen molar-refractivity contribution in [2.24, 2.45) is 0 Å². The van der Waals surface area contributed by atoms with Crippen LogP contribution in [0.2, 0.25) is 0 Å². The number of rotatable bonds is 7. The summed E-state index contributed by atoms with van der Waals surface area (Å²) in [5.41, 5.74) is 0.183. The lowest BCUT2D eigenvalue weighted by Crippen LogP contribution is -2.40. The number of hydrogen-bond donors (Lipinski definition) is 1. The molecule has 1 aromatic carbocycles. The number of ether oxygens (including phenoxy) is 2. The van der Waals surface area contributed by atoms with Crippen molar-refractivity contribution in [3.05, 3.63) is 35.9 Å². The molecule has 0 fully saturated rings. The Hall–Kier alpha value is -1.11. The third-order valence-corrected chi connectivity index (χ3v) is 2.70. The van der Waals surface area contributed by atoms with Crippen molar-refractivity contribution in [3.8, 4) is 0 Å². The molecule has 1 rings (SSSR count). The first kappa shape index (κ1) is 15.9. The maximum absolute atomic E-state index is 13.0. The van der Waals surface area contributed by atoms with E-state index < -0.39 is 18.3 Å². The molecule has 0 saturated carbocycles. The molecule has 0 saturated heterocycles. The Bertz CT molecular complexity index is 357. The lowest BCUT2D eigenvalue weighted by molar-refractivity contribution is -0.159. The van der Waals surface area contributed by atoms with E-state index in [0.717, 1.165) is 0 Å². The summed E-state index contributed by atoms with van der Waals surface area (Å²) >= 11 is 0.